The summed E-state index contributed by atoms with van der Waals surface area (Å²) < 4.78 is 0. The smallest absolute Gasteiger partial charge is 0.0437 e. The third kappa shape index (κ3) is 2.62. The summed E-state index contributed by atoms with van der Waals surface area (Å²) in [5.41, 5.74) is 2.42. The summed E-state index contributed by atoms with van der Waals surface area (Å²) in [6, 6.07) is 10.4. The Morgan fingerprint density at radius 1 is 1.29 bits per heavy atom. The lowest BCUT2D eigenvalue weighted by Crippen LogP contribution is -2.10. The average molecular weight is 209 g/mol. The lowest BCUT2D eigenvalue weighted by atomic mass is 9.84. The molecule has 1 atom stereocenters. The molecule has 0 fully saturated rings. The van der Waals surface area contributed by atoms with Crippen LogP contribution < -0.4 is 0 Å². The zero-order chi connectivity index (χ0) is 10.6. The molecule has 0 aromatic heterocycles. The molecule has 0 saturated carbocycles. The molecule has 0 bridgehead atoms. The molecule has 0 aliphatic rings. The van der Waals surface area contributed by atoms with E-state index in [1.165, 1.54) is 5.56 Å². The van der Waals surface area contributed by atoms with E-state index >= 15 is 0 Å². The van der Waals surface area contributed by atoms with Gasteiger partial charge < -0.3 is 0 Å². The van der Waals surface area contributed by atoms with Crippen LogP contribution in [0.3, 0.4) is 0 Å². The first-order valence-corrected chi connectivity index (χ1v) is 5.48. The third-order valence-electron chi connectivity index (χ3n) is 2.44. The molecule has 0 N–H and O–H groups in total. The highest BCUT2D eigenvalue weighted by molar-refractivity contribution is 6.19. The minimum atomic E-state index is 0.383. The molecule has 1 rings (SSSR count). The average Bonchev–Trinajstić information content (AvgIpc) is 2.19. The van der Waals surface area contributed by atoms with Crippen molar-refractivity contribution in [2.24, 2.45) is 5.92 Å². The van der Waals surface area contributed by atoms with Gasteiger partial charge in [-0.1, -0.05) is 56.3 Å². The van der Waals surface area contributed by atoms with Crippen molar-refractivity contribution in [3.05, 3.63) is 48.0 Å². The van der Waals surface area contributed by atoms with E-state index in [-0.39, 0.29) is 0 Å². The summed E-state index contributed by atoms with van der Waals surface area (Å²) in [4.78, 5) is 0. The second-order valence-electron chi connectivity index (χ2n) is 3.92. The van der Waals surface area contributed by atoms with Gasteiger partial charge in [-0.25, -0.2) is 0 Å². The van der Waals surface area contributed by atoms with Gasteiger partial charge in [0.2, 0.25) is 0 Å². The molecular formula is C13H17Cl. The van der Waals surface area contributed by atoms with Crippen molar-refractivity contribution in [2.45, 2.75) is 19.8 Å². The first-order valence-electron chi connectivity index (χ1n) is 4.95. The molecule has 0 aliphatic carbocycles. The molecular weight excluding hydrogens is 192 g/mol. The van der Waals surface area contributed by atoms with Crippen molar-refractivity contribution in [1.29, 1.82) is 0 Å². The van der Waals surface area contributed by atoms with Gasteiger partial charge >= 0.3 is 0 Å². The number of alkyl halides is 1. The van der Waals surface area contributed by atoms with Crippen LogP contribution in [0.5, 0.6) is 0 Å². The van der Waals surface area contributed by atoms with Gasteiger partial charge in [0, 0.05) is 11.8 Å². The van der Waals surface area contributed by atoms with Crippen LogP contribution in [0.1, 0.15) is 25.3 Å². The Kier molecular flexibility index (Phi) is 4.21. The SMILES string of the molecule is C=C(CCl)C(c1ccccc1)C(C)C. The van der Waals surface area contributed by atoms with E-state index in [2.05, 4.69) is 44.7 Å². The Bertz CT molecular complexity index is 287. The van der Waals surface area contributed by atoms with E-state index in [4.69, 9.17) is 11.6 Å². The Hall–Kier alpha value is -0.750. The van der Waals surface area contributed by atoms with E-state index in [1.54, 1.807) is 0 Å². The van der Waals surface area contributed by atoms with Gasteiger partial charge in [0.15, 0.2) is 0 Å². The second-order valence-corrected chi connectivity index (χ2v) is 4.19. The van der Waals surface area contributed by atoms with Crippen molar-refractivity contribution >= 4 is 11.6 Å². The normalized spacial score (nSPS) is 12.9. The van der Waals surface area contributed by atoms with E-state index in [0.29, 0.717) is 17.7 Å². The van der Waals surface area contributed by atoms with Crippen LogP contribution in [0, 0.1) is 5.92 Å². The van der Waals surface area contributed by atoms with Crippen LogP contribution in [-0.2, 0) is 0 Å². The first kappa shape index (κ1) is 11.3. The molecule has 0 nitrogen and oxygen atoms in total. The van der Waals surface area contributed by atoms with Gasteiger partial charge in [0.05, 0.1) is 0 Å². The highest BCUT2D eigenvalue weighted by atomic mass is 35.5. The molecule has 0 amide bonds. The monoisotopic (exact) mass is 208 g/mol. The van der Waals surface area contributed by atoms with Gasteiger partial charge in [-0.05, 0) is 11.5 Å². The van der Waals surface area contributed by atoms with Crippen molar-refractivity contribution in [2.75, 3.05) is 5.88 Å². The highest BCUT2D eigenvalue weighted by Gasteiger charge is 2.17. The fourth-order valence-corrected chi connectivity index (χ4v) is 2.00. The molecule has 0 saturated heterocycles. The largest absolute Gasteiger partial charge is 0.122 e. The molecule has 76 valence electrons. The molecule has 0 radical (unpaired) electrons. The van der Waals surface area contributed by atoms with Crippen molar-refractivity contribution in [3.63, 3.8) is 0 Å². The molecule has 0 aliphatic heterocycles. The van der Waals surface area contributed by atoms with Gasteiger partial charge in [0.25, 0.3) is 0 Å². The Morgan fingerprint density at radius 2 is 1.86 bits per heavy atom. The van der Waals surface area contributed by atoms with Crippen LogP contribution in [0.2, 0.25) is 0 Å². The molecule has 1 aromatic rings. The number of rotatable bonds is 4. The number of hydrogen-bond donors (Lipinski definition) is 0. The number of hydrogen-bond acceptors (Lipinski definition) is 0. The zero-order valence-electron chi connectivity index (χ0n) is 8.83. The maximum Gasteiger partial charge on any atom is 0.0437 e. The van der Waals surface area contributed by atoms with Gasteiger partial charge in [0.1, 0.15) is 0 Å². The fourth-order valence-electron chi connectivity index (χ4n) is 1.84. The predicted octanol–water partition coefficient (Wildman–Crippen LogP) is 4.22. The highest BCUT2D eigenvalue weighted by Crippen LogP contribution is 2.31. The number of benzene rings is 1. The molecule has 1 unspecified atom stereocenters. The minimum Gasteiger partial charge on any atom is -0.122 e. The van der Waals surface area contributed by atoms with Crippen molar-refractivity contribution in [3.8, 4) is 0 Å². The van der Waals surface area contributed by atoms with Crippen LogP contribution >= 0.6 is 11.6 Å². The van der Waals surface area contributed by atoms with Gasteiger partial charge in [-0.15, -0.1) is 11.6 Å². The van der Waals surface area contributed by atoms with Gasteiger partial charge in [-0.2, -0.15) is 0 Å². The molecule has 1 aromatic carbocycles. The van der Waals surface area contributed by atoms with Crippen LogP contribution in [-0.4, -0.2) is 5.88 Å². The van der Waals surface area contributed by atoms with E-state index in [9.17, 15) is 0 Å². The summed E-state index contributed by atoms with van der Waals surface area (Å²) in [5, 5.41) is 0. The summed E-state index contributed by atoms with van der Waals surface area (Å²) in [7, 11) is 0. The van der Waals surface area contributed by atoms with E-state index in [1.807, 2.05) is 6.07 Å². The van der Waals surface area contributed by atoms with Crippen molar-refractivity contribution in [1.82, 2.24) is 0 Å². The fraction of sp³-hybridized carbons (Fsp3) is 0.385. The number of halogens is 1. The Balaban J connectivity index is 2.95. The maximum absolute atomic E-state index is 5.84. The quantitative estimate of drug-likeness (QED) is 0.514. The molecule has 0 spiro atoms. The van der Waals surface area contributed by atoms with Crippen LogP contribution in [0.4, 0.5) is 0 Å². The van der Waals surface area contributed by atoms with Gasteiger partial charge in [-0.3, -0.25) is 0 Å². The molecule has 0 heterocycles. The Labute approximate surface area is 91.6 Å². The summed E-state index contributed by atoms with van der Waals surface area (Å²) in [5.74, 6) is 1.47. The first-order chi connectivity index (χ1) is 6.66. The Morgan fingerprint density at radius 3 is 2.29 bits per heavy atom. The predicted molar refractivity (Wildman–Crippen MR) is 63.9 cm³/mol. The number of allylic oxidation sites excluding steroid dienone is 1. The van der Waals surface area contributed by atoms with Crippen molar-refractivity contribution < 1.29 is 0 Å². The maximum atomic E-state index is 5.84. The topological polar surface area (TPSA) is 0 Å². The summed E-state index contributed by atoms with van der Waals surface area (Å²) in [6.07, 6.45) is 0. The van der Waals surface area contributed by atoms with E-state index in [0.717, 1.165) is 5.57 Å². The lowest BCUT2D eigenvalue weighted by molar-refractivity contribution is 0.557. The van der Waals surface area contributed by atoms with Crippen LogP contribution in [0.25, 0.3) is 0 Å². The van der Waals surface area contributed by atoms with E-state index < -0.39 is 0 Å². The zero-order valence-corrected chi connectivity index (χ0v) is 9.59. The summed E-state index contributed by atoms with van der Waals surface area (Å²) >= 11 is 5.84. The minimum absolute atomic E-state index is 0.383. The lowest BCUT2D eigenvalue weighted by Gasteiger charge is -2.22. The molecule has 14 heavy (non-hydrogen) atoms. The third-order valence-corrected chi connectivity index (χ3v) is 2.78. The second kappa shape index (κ2) is 5.21. The standard InChI is InChI=1S/C13H17Cl/c1-10(2)13(11(3)9-14)12-7-5-4-6-8-12/h4-8,10,13H,3,9H2,1-2H3. The summed E-state index contributed by atoms with van der Waals surface area (Å²) in [6.45, 7) is 8.45. The molecule has 1 heteroatoms. The van der Waals surface area contributed by atoms with Crippen LogP contribution in [0.15, 0.2) is 42.5 Å².